The van der Waals surface area contributed by atoms with Gasteiger partial charge in [0.2, 0.25) is 0 Å². The van der Waals surface area contributed by atoms with Crippen LogP contribution in [0.25, 0.3) is 0 Å². The van der Waals surface area contributed by atoms with Crippen LogP contribution in [0.4, 0.5) is 15.8 Å². The summed E-state index contributed by atoms with van der Waals surface area (Å²) in [6.07, 6.45) is 0. The molecule has 26 heavy (non-hydrogen) atoms. The Balaban J connectivity index is 1.73. The Morgan fingerprint density at radius 2 is 1.88 bits per heavy atom. The highest BCUT2D eigenvalue weighted by atomic mass is 79.9. The molecule has 4 nitrogen and oxygen atoms in total. The molecule has 0 radical (unpaired) electrons. The second-order valence-corrected chi connectivity index (χ2v) is 7.24. The summed E-state index contributed by atoms with van der Waals surface area (Å²) in [5, 5.41) is 11.4. The molecule has 0 saturated heterocycles. The van der Waals surface area contributed by atoms with E-state index in [4.69, 9.17) is 12.2 Å². The summed E-state index contributed by atoms with van der Waals surface area (Å²) in [6.45, 7) is 4.38. The van der Waals surface area contributed by atoms with E-state index < -0.39 is 0 Å². The van der Waals surface area contributed by atoms with Gasteiger partial charge in [0.25, 0.3) is 0 Å². The van der Waals surface area contributed by atoms with Gasteiger partial charge >= 0.3 is 0 Å². The molecule has 2 N–H and O–H groups in total. The molecule has 7 heteroatoms. The lowest BCUT2D eigenvalue weighted by Gasteiger charge is -2.11. The minimum Gasteiger partial charge on any atom is -0.332 e. The zero-order valence-electron chi connectivity index (χ0n) is 14.4. The topological polar surface area (TPSA) is 41.9 Å². The zero-order valence-corrected chi connectivity index (χ0v) is 16.8. The summed E-state index contributed by atoms with van der Waals surface area (Å²) < 4.78 is 16.2. The van der Waals surface area contributed by atoms with E-state index in [2.05, 4.69) is 31.7 Å². The third-order valence-corrected chi connectivity index (χ3v) is 4.68. The van der Waals surface area contributed by atoms with E-state index in [0.29, 0.717) is 11.7 Å². The number of aromatic nitrogens is 2. The molecule has 1 heterocycles. The average molecular weight is 433 g/mol. The maximum atomic E-state index is 13.4. The maximum Gasteiger partial charge on any atom is 0.175 e. The molecule has 0 aliphatic rings. The van der Waals surface area contributed by atoms with Crippen molar-refractivity contribution in [3.05, 3.63) is 75.8 Å². The van der Waals surface area contributed by atoms with Crippen LogP contribution >= 0.6 is 28.1 Å². The summed E-state index contributed by atoms with van der Waals surface area (Å²) in [5.41, 5.74) is 4.38. The molecule has 3 rings (SSSR count). The Labute approximate surface area is 165 Å². The van der Waals surface area contributed by atoms with Gasteiger partial charge in [-0.2, -0.15) is 5.10 Å². The molecule has 134 valence electrons. The van der Waals surface area contributed by atoms with Crippen LogP contribution in [0, 0.1) is 19.7 Å². The first-order chi connectivity index (χ1) is 12.4. The molecule has 0 spiro atoms. The smallest absolute Gasteiger partial charge is 0.175 e. The van der Waals surface area contributed by atoms with Gasteiger partial charge in [-0.1, -0.05) is 28.1 Å². The van der Waals surface area contributed by atoms with Crippen LogP contribution in [0.15, 0.2) is 53.0 Å². The van der Waals surface area contributed by atoms with Crippen LogP contribution in [0.1, 0.15) is 17.0 Å². The van der Waals surface area contributed by atoms with Gasteiger partial charge in [0.15, 0.2) is 5.11 Å². The van der Waals surface area contributed by atoms with Gasteiger partial charge < -0.3 is 10.6 Å². The SMILES string of the molecule is Cc1nn(Cc2cccc(F)c2)c(C)c1NC(=S)Nc1ccc(Br)cc1. The number of rotatable bonds is 4. The third-order valence-electron chi connectivity index (χ3n) is 3.94. The maximum absolute atomic E-state index is 13.4. The van der Waals surface area contributed by atoms with Crippen molar-refractivity contribution in [1.29, 1.82) is 0 Å². The number of thiocarbonyl (C=S) groups is 1. The number of nitrogens with one attached hydrogen (secondary N) is 2. The number of anilines is 2. The lowest BCUT2D eigenvalue weighted by molar-refractivity contribution is 0.616. The fraction of sp³-hybridized carbons (Fsp3) is 0.158. The number of benzene rings is 2. The molecule has 0 aliphatic heterocycles. The molecule has 0 saturated carbocycles. The molecule has 0 fully saturated rings. The Kier molecular flexibility index (Phi) is 5.68. The fourth-order valence-electron chi connectivity index (χ4n) is 2.65. The molecule has 0 unspecified atom stereocenters. The van der Waals surface area contributed by atoms with Gasteiger partial charge in [-0.15, -0.1) is 0 Å². The molecular formula is C19H18BrFN4S. The first-order valence-electron chi connectivity index (χ1n) is 8.04. The first kappa shape index (κ1) is 18.5. The van der Waals surface area contributed by atoms with Gasteiger partial charge in [0, 0.05) is 10.2 Å². The standard InChI is InChI=1S/C19H18BrFN4S/c1-12-18(23-19(26)22-17-8-6-15(20)7-9-17)13(2)25(24-12)11-14-4-3-5-16(21)10-14/h3-10H,11H2,1-2H3,(H2,22,23,26). The Bertz CT molecular complexity index is 937. The Morgan fingerprint density at radius 3 is 2.58 bits per heavy atom. The molecule has 0 bridgehead atoms. The van der Waals surface area contributed by atoms with Crippen molar-refractivity contribution in [2.75, 3.05) is 10.6 Å². The van der Waals surface area contributed by atoms with Crippen LogP contribution < -0.4 is 10.6 Å². The highest BCUT2D eigenvalue weighted by Gasteiger charge is 2.13. The van der Waals surface area contributed by atoms with E-state index in [1.54, 1.807) is 6.07 Å². The minimum absolute atomic E-state index is 0.248. The quantitative estimate of drug-likeness (QED) is 0.551. The fourth-order valence-corrected chi connectivity index (χ4v) is 3.13. The highest BCUT2D eigenvalue weighted by molar-refractivity contribution is 9.10. The summed E-state index contributed by atoms with van der Waals surface area (Å²) in [5.74, 6) is -0.248. The lowest BCUT2D eigenvalue weighted by Crippen LogP contribution is -2.20. The highest BCUT2D eigenvalue weighted by Crippen LogP contribution is 2.21. The predicted octanol–water partition coefficient (Wildman–Crippen LogP) is 5.26. The molecule has 1 aromatic heterocycles. The van der Waals surface area contributed by atoms with Crippen LogP contribution in [-0.4, -0.2) is 14.9 Å². The van der Waals surface area contributed by atoms with E-state index in [1.165, 1.54) is 12.1 Å². The van der Waals surface area contributed by atoms with Gasteiger partial charge in [-0.3, -0.25) is 4.68 Å². The van der Waals surface area contributed by atoms with Crippen molar-refractivity contribution < 1.29 is 4.39 Å². The summed E-state index contributed by atoms with van der Waals surface area (Å²) >= 11 is 8.81. The van der Waals surface area contributed by atoms with Gasteiger partial charge in [-0.05, 0) is 68.0 Å². The van der Waals surface area contributed by atoms with Crippen molar-refractivity contribution in [3.8, 4) is 0 Å². The normalized spacial score (nSPS) is 10.6. The number of aryl methyl sites for hydroxylation is 1. The van der Waals surface area contributed by atoms with Gasteiger partial charge in [0.1, 0.15) is 5.82 Å². The third kappa shape index (κ3) is 4.47. The number of halogens is 2. The van der Waals surface area contributed by atoms with Gasteiger partial charge in [0.05, 0.1) is 23.6 Å². The van der Waals surface area contributed by atoms with E-state index in [-0.39, 0.29) is 5.82 Å². The first-order valence-corrected chi connectivity index (χ1v) is 9.24. The van der Waals surface area contributed by atoms with Gasteiger partial charge in [-0.25, -0.2) is 4.39 Å². The van der Waals surface area contributed by atoms with Crippen molar-refractivity contribution in [2.24, 2.45) is 0 Å². The number of nitrogens with zero attached hydrogens (tertiary/aromatic N) is 2. The van der Waals surface area contributed by atoms with Crippen LogP contribution in [0.3, 0.4) is 0 Å². The molecular weight excluding hydrogens is 415 g/mol. The van der Waals surface area contributed by atoms with Crippen molar-refractivity contribution in [2.45, 2.75) is 20.4 Å². The van der Waals surface area contributed by atoms with Crippen LogP contribution in [0.2, 0.25) is 0 Å². The molecule has 0 amide bonds. The van der Waals surface area contributed by atoms with E-state index in [9.17, 15) is 4.39 Å². The monoisotopic (exact) mass is 432 g/mol. The van der Waals surface area contributed by atoms with Crippen LogP contribution in [0.5, 0.6) is 0 Å². The molecule has 3 aromatic rings. The Hall–Kier alpha value is -2.25. The molecule has 0 aliphatic carbocycles. The number of hydrogen-bond donors (Lipinski definition) is 2. The Morgan fingerprint density at radius 1 is 1.15 bits per heavy atom. The number of hydrogen-bond acceptors (Lipinski definition) is 2. The zero-order chi connectivity index (χ0) is 18.7. The summed E-state index contributed by atoms with van der Waals surface area (Å²) in [6, 6.07) is 14.3. The van der Waals surface area contributed by atoms with Crippen molar-refractivity contribution in [1.82, 2.24) is 9.78 Å². The van der Waals surface area contributed by atoms with E-state index in [1.807, 2.05) is 48.9 Å². The molecule has 0 atom stereocenters. The summed E-state index contributed by atoms with van der Waals surface area (Å²) in [4.78, 5) is 0. The summed E-state index contributed by atoms with van der Waals surface area (Å²) in [7, 11) is 0. The van der Waals surface area contributed by atoms with Crippen molar-refractivity contribution >= 4 is 44.6 Å². The van der Waals surface area contributed by atoms with E-state index in [0.717, 1.165) is 32.8 Å². The van der Waals surface area contributed by atoms with E-state index >= 15 is 0 Å². The molecule has 2 aromatic carbocycles. The predicted molar refractivity (Wildman–Crippen MR) is 111 cm³/mol. The second kappa shape index (κ2) is 7.97. The largest absolute Gasteiger partial charge is 0.332 e. The lowest BCUT2D eigenvalue weighted by atomic mass is 10.2. The minimum atomic E-state index is -0.248. The van der Waals surface area contributed by atoms with Crippen LogP contribution in [-0.2, 0) is 6.54 Å². The van der Waals surface area contributed by atoms with Crippen molar-refractivity contribution in [3.63, 3.8) is 0 Å². The second-order valence-electron chi connectivity index (χ2n) is 5.92. The average Bonchev–Trinajstić information content (AvgIpc) is 2.84.